The number of fused-ring (bicyclic) bond motifs is 5. The van der Waals surface area contributed by atoms with E-state index in [2.05, 4.69) is 25.7 Å². The van der Waals surface area contributed by atoms with Gasteiger partial charge in [-0.2, -0.15) is 0 Å². The Kier molecular flexibility index (Phi) is 3.29. The van der Waals surface area contributed by atoms with Crippen LogP contribution in [0.4, 0.5) is 0 Å². The topological polar surface area (TPSA) is 37.4 Å². The molecule has 0 aromatic carbocycles. The van der Waals surface area contributed by atoms with Crippen LogP contribution in [-0.4, -0.2) is 29.7 Å². The molecule has 128 valence electrons. The van der Waals surface area contributed by atoms with Gasteiger partial charge in [0.15, 0.2) is 0 Å². The van der Waals surface area contributed by atoms with Crippen molar-refractivity contribution in [3.63, 3.8) is 0 Å². The molecule has 4 aliphatic rings. The molecule has 0 radical (unpaired) electrons. The van der Waals surface area contributed by atoms with Gasteiger partial charge in [-0.25, -0.2) is 0 Å². The van der Waals surface area contributed by atoms with Gasteiger partial charge in [-0.05, 0) is 61.2 Å². The molecule has 0 N–H and O–H groups in total. The molecule has 0 aromatic rings. The number of nitrogens with zero attached hydrogens (tertiary/aromatic N) is 1. The average Bonchev–Trinajstić information content (AvgIpc) is 2.82. The Balaban J connectivity index is 1.72. The number of ketones is 1. The molecule has 1 saturated heterocycles. The van der Waals surface area contributed by atoms with Crippen molar-refractivity contribution in [3.8, 4) is 0 Å². The lowest BCUT2D eigenvalue weighted by molar-refractivity contribution is -0.166. The van der Waals surface area contributed by atoms with Crippen LogP contribution in [0.2, 0.25) is 0 Å². The van der Waals surface area contributed by atoms with Crippen LogP contribution in [0.3, 0.4) is 0 Å². The summed E-state index contributed by atoms with van der Waals surface area (Å²) in [6, 6.07) is 0.404. The van der Waals surface area contributed by atoms with E-state index in [4.69, 9.17) is 0 Å². The number of hydrogen-bond donors (Lipinski definition) is 0. The summed E-state index contributed by atoms with van der Waals surface area (Å²) in [7, 11) is 2.02. The second kappa shape index (κ2) is 4.83. The van der Waals surface area contributed by atoms with E-state index in [1.165, 1.54) is 6.42 Å². The highest BCUT2D eigenvalue weighted by Crippen LogP contribution is 2.65. The van der Waals surface area contributed by atoms with Crippen molar-refractivity contribution < 1.29 is 9.59 Å². The number of Topliss-reactive ketones (excluding diaryl/α,β-unsaturated/α-hetero) is 1. The normalized spacial score (nSPS) is 52.9. The van der Waals surface area contributed by atoms with Crippen LogP contribution >= 0.6 is 0 Å². The molecule has 4 fully saturated rings. The van der Waals surface area contributed by atoms with Crippen LogP contribution in [0.15, 0.2) is 0 Å². The van der Waals surface area contributed by atoms with Gasteiger partial charge in [0.25, 0.3) is 0 Å². The third kappa shape index (κ3) is 1.88. The molecule has 1 amide bonds. The number of amides is 1. The minimum atomic E-state index is -0.0466. The predicted molar refractivity (Wildman–Crippen MR) is 89.7 cm³/mol. The summed E-state index contributed by atoms with van der Waals surface area (Å²) in [5.41, 5.74) is 0.210. The molecule has 0 bridgehead atoms. The number of carbonyl (C=O) groups excluding carboxylic acids is 2. The van der Waals surface area contributed by atoms with E-state index >= 15 is 0 Å². The minimum absolute atomic E-state index is 0.0466. The highest BCUT2D eigenvalue weighted by Gasteiger charge is 2.62. The molecule has 3 heteroatoms. The molecule has 4 rings (SSSR count). The molecule has 3 saturated carbocycles. The van der Waals surface area contributed by atoms with Gasteiger partial charge < -0.3 is 4.90 Å². The van der Waals surface area contributed by atoms with E-state index in [-0.39, 0.29) is 10.8 Å². The van der Waals surface area contributed by atoms with Crippen molar-refractivity contribution >= 4 is 11.7 Å². The summed E-state index contributed by atoms with van der Waals surface area (Å²) in [5.74, 6) is 3.44. The van der Waals surface area contributed by atoms with Gasteiger partial charge >= 0.3 is 0 Å². The zero-order valence-electron chi connectivity index (χ0n) is 15.1. The van der Waals surface area contributed by atoms with Crippen molar-refractivity contribution in [3.05, 3.63) is 0 Å². The summed E-state index contributed by atoms with van der Waals surface area (Å²) < 4.78 is 0. The van der Waals surface area contributed by atoms with Crippen molar-refractivity contribution in [1.82, 2.24) is 4.90 Å². The van der Waals surface area contributed by atoms with Crippen LogP contribution < -0.4 is 0 Å². The zero-order valence-corrected chi connectivity index (χ0v) is 15.1. The number of carbonyl (C=O) groups is 2. The van der Waals surface area contributed by atoms with Gasteiger partial charge in [-0.3, -0.25) is 9.59 Å². The zero-order chi connectivity index (χ0) is 16.6. The monoisotopic (exact) mass is 317 g/mol. The van der Waals surface area contributed by atoms with E-state index < -0.39 is 0 Å². The molecule has 0 aromatic heterocycles. The summed E-state index contributed by atoms with van der Waals surface area (Å²) in [5, 5.41) is 0. The Morgan fingerprint density at radius 1 is 1.04 bits per heavy atom. The third-order valence-electron chi connectivity index (χ3n) is 8.64. The molecular weight excluding hydrogens is 286 g/mol. The molecule has 1 aliphatic heterocycles. The minimum Gasteiger partial charge on any atom is -0.342 e. The lowest BCUT2D eigenvalue weighted by Gasteiger charge is -2.63. The first-order valence-electron chi connectivity index (χ1n) is 9.58. The maximum Gasteiger partial charge on any atom is 0.222 e. The van der Waals surface area contributed by atoms with Crippen molar-refractivity contribution in [2.45, 2.75) is 71.8 Å². The smallest absolute Gasteiger partial charge is 0.222 e. The Morgan fingerprint density at radius 3 is 2.52 bits per heavy atom. The Labute approximate surface area is 140 Å². The fraction of sp³-hybridized carbons (Fsp3) is 0.900. The Hall–Kier alpha value is -0.860. The highest BCUT2D eigenvalue weighted by molar-refractivity contribution is 5.87. The first kappa shape index (κ1) is 15.7. The first-order valence-corrected chi connectivity index (χ1v) is 9.58. The maximum atomic E-state index is 12.5. The van der Waals surface area contributed by atoms with E-state index in [1.807, 2.05) is 7.05 Å². The van der Waals surface area contributed by atoms with Gasteiger partial charge in [0.2, 0.25) is 5.91 Å². The van der Waals surface area contributed by atoms with Crippen LogP contribution in [0.1, 0.15) is 65.7 Å². The quantitative estimate of drug-likeness (QED) is 0.683. The first-order chi connectivity index (χ1) is 10.8. The fourth-order valence-corrected chi connectivity index (χ4v) is 7.23. The highest BCUT2D eigenvalue weighted by atomic mass is 16.2. The largest absolute Gasteiger partial charge is 0.342 e. The summed E-state index contributed by atoms with van der Waals surface area (Å²) in [6.07, 6.45) is 7.05. The summed E-state index contributed by atoms with van der Waals surface area (Å²) in [4.78, 5) is 26.8. The standard InChI is InChI=1S/C20H31NO2/c1-12-11-15-19(2,10-8-17(23)21(15)4)14-7-9-20(3)13(18(12)14)5-6-16(20)22/h12-15,18H,5-11H2,1-4H3/t12?,13-,14+,15?,18-,19+,20-/m0/s1. The molecule has 0 spiro atoms. The third-order valence-corrected chi connectivity index (χ3v) is 8.64. The van der Waals surface area contributed by atoms with Gasteiger partial charge in [0.05, 0.1) is 0 Å². The summed E-state index contributed by atoms with van der Waals surface area (Å²) in [6.45, 7) is 7.09. The van der Waals surface area contributed by atoms with Crippen LogP contribution in [0.25, 0.3) is 0 Å². The van der Waals surface area contributed by atoms with E-state index in [9.17, 15) is 9.59 Å². The summed E-state index contributed by atoms with van der Waals surface area (Å²) >= 11 is 0. The lowest BCUT2D eigenvalue weighted by Crippen LogP contribution is -2.63. The second-order valence-corrected chi connectivity index (χ2v) is 9.45. The van der Waals surface area contributed by atoms with Crippen molar-refractivity contribution in [2.24, 2.45) is 34.5 Å². The molecule has 1 heterocycles. The van der Waals surface area contributed by atoms with Gasteiger partial charge in [-0.1, -0.05) is 20.8 Å². The second-order valence-electron chi connectivity index (χ2n) is 9.45. The van der Waals surface area contributed by atoms with Crippen LogP contribution in [0, 0.1) is 34.5 Å². The molecule has 3 aliphatic carbocycles. The van der Waals surface area contributed by atoms with E-state index in [0.29, 0.717) is 47.8 Å². The van der Waals surface area contributed by atoms with E-state index in [0.717, 1.165) is 32.1 Å². The van der Waals surface area contributed by atoms with Gasteiger partial charge in [0.1, 0.15) is 5.78 Å². The Morgan fingerprint density at radius 2 is 1.78 bits per heavy atom. The van der Waals surface area contributed by atoms with E-state index in [1.54, 1.807) is 0 Å². The van der Waals surface area contributed by atoms with Crippen molar-refractivity contribution in [2.75, 3.05) is 7.05 Å². The SMILES string of the molecule is CC1CC2N(C)C(=O)CC[C@]2(C)[C@@H]2CC[C@]3(C)C(=O)CC[C@H]3[C@H]12. The number of hydrogen-bond acceptors (Lipinski definition) is 2. The fourth-order valence-electron chi connectivity index (χ4n) is 7.23. The number of piperidine rings is 1. The Bertz CT molecular complexity index is 558. The average molecular weight is 317 g/mol. The molecule has 2 unspecified atom stereocenters. The molecule has 23 heavy (non-hydrogen) atoms. The molecule has 3 nitrogen and oxygen atoms in total. The maximum absolute atomic E-state index is 12.5. The van der Waals surface area contributed by atoms with Crippen molar-refractivity contribution in [1.29, 1.82) is 0 Å². The lowest BCUT2D eigenvalue weighted by atomic mass is 9.45. The predicted octanol–water partition coefficient (Wildman–Crippen LogP) is 3.66. The molecule has 7 atom stereocenters. The number of likely N-dealkylation sites (tertiary alicyclic amines) is 1. The van der Waals surface area contributed by atoms with Gasteiger partial charge in [0, 0.05) is 31.3 Å². The van der Waals surface area contributed by atoms with Gasteiger partial charge in [-0.15, -0.1) is 0 Å². The van der Waals surface area contributed by atoms with Crippen LogP contribution in [-0.2, 0) is 9.59 Å². The van der Waals surface area contributed by atoms with Crippen LogP contribution in [0.5, 0.6) is 0 Å². The molecular formula is C20H31NO2. The number of rotatable bonds is 0.